The molecule has 0 saturated heterocycles. The van der Waals surface area contributed by atoms with Gasteiger partial charge in [-0.25, -0.2) is 0 Å². The van der Waals surface area contributed by atoms with E-state index in [0.717, 1.165) is 5.56 Å². The average Bonchev–Trinajstić information content (AvgIpc) is 3.07. The number of carbonyl (C=O) groups excluding carboxylic acids is 1. The highest BCUT2D eigenvalue weighted by Gasteiger charge is 2.11. The van der Waals surface area contributed by atoms with Gasteiger partial charge in [0, 0.05) is 5.69 Å². The highest BCUT2D eigenvalue weighted by molar-refractivity contribution is 5.92. The van der Waals surface area contributed by atoms with Crippen LogP contribution in [0.15, 0.2) is 53.1 Å². The molecule has 1 heterocycles. The van der Waals surface area contributed by atoms with Gasteiger partial charge in [-0.2, -0.15) is 4.98 Å². The fraction of sp³-hybridized carbons (Fsp3) is 0.286. The fourth-order valence-corrected chi connectivity index (χ4v) is 2.66. The number of hydrogen-bond acceptors (Lipinski definition) is 5. The van der Waals surface area contributed by atoms with Gasteiger partial charge in [-0.3, -0.25) is 4.79 Å². The van der Waals surface area contributed by atoms with Crippen LogP contribution in [0.2, 0.25) is 0 Å². The number of rotatable bonds is 7. The highest BCUT2D eigenvalue weighted by Crippen LogP contribution is 2.20. The van der Waals surface area contributed by atoms with Crippen LogP contribution in [0.25, 0.3) is 0 Å². The quantitative estimate of drug-likeness (QED) is 0.682. The SMILES string of the molecule is Cc1noc(Cc2ccccc2NC(=O)COc2ccc(C(C)C)cc2)n1. The monoisotopic (exact) mass is 365 g/mol. The third-order valence-corrected chi connectivity index (χ3v) is 4.12. The maximum Gasteiger partial charge on any atom is 0.262 e. The van der Waals surface area contributed by atoms with Crippen molar-refractivity contribution in [3.63, 3.8) is 0 Å². The first-order valence-corrected chi connectivity index (χ1v) is 8.91. The largest absolute Gasteiger partial charge is 0.484 e. The van der Waals surface area contributed by atoms with E-state index in [2.05, 4.69) is 29.3 Å². The van der Waals surface area contributed by atoms with Crippen molar-refractivity contribution < 1.29 is 14.1 Å². The van der Waals surface area contributed by atoms with Gasteiger partial charge in [0.2, 0.25) is 5.89 Å². The Morgan fingerprint density at radius 1 is 1.15 bits per heavy atom. The zero-order valence-electron chi connectivity index (χ0n) is 15.7. The molecule has 0 radical (unpaired) electrons. The molecule has 140 valence electrons. The van der Waals surface area contributed by atoms with Crippen molar-refractivity contribution in [2.45, 2.75) is 33.1 Å². The van der Waals surface area contributed by atoms with Crippen LogP contribution in [-0.2, 0) is 11.2 Å². The van der Waals surface area contributed by atoms with Crippen LogP contribution in [0.3, 0.4) is 0 Å². The van der Waals surface area contributed by atoms with Gasteiger partial charge in [-0.15, -0.1) is 0 Å². The number of carbonyl (C=O) groups is 1. The van der Waals surface area contributed by atoms with Gasteiger partial charge in [0.05, 0.1) is 6.42 Å². The first-order valence-electron chi connectivity index (χ1n) is 8.91. The third kappa shape index (κ3) is 5.17. The lowest BCUT2D eigenvalue weighted by atomic mass is 10.0. The number of benzene rings is 2. The van der Waals surface area contributed by atoms with Gasteiger partial charge < -0.3 is 14.6 Å². The van der Waals surface area contributed by atoms with E-state index < -0.39 is 0 Å². The number of amides is 1. The van der Waals surface area contributed by atoms with E-state index in [-0.39, 0.29) is 12.5 Å². The first-order chi connectivity index (χ1) is 13.0. The second kappa shape index (κ2) is 8.49. The lowest BCUT2D eigenvalue weighted by Crippen LogP contribution is -2.21. The predicted octanol–water partition coefficient (Wildman–Crippen LogP) is 4.11. The van der Waals surface area contributed by atoms with Crippen molar-refractivity contribution in [1.29, 1.82) is 0 Å². The number of ether oxygens (including phenoxy) is 1. The standard InChI is InChI=1S/C21H23N3O3/c1-14(2)16-8-10-18(11-9-16)26-13-20(25)23-19-7-5-4-6-17(19)12-21-22-15(3)24-27-21/h4-11,14H,12-13H2,1-3H3,(H,23,25). The molecule has 3 rings (SSSR count). The summed E-state index contributed by atoms with van der Waals surface area (Å²) in [6.07, 6.45) is 0.453. The lowest BCUT2D eigenvalue weighted by Gasteiger charge is -2.11. The number of para-hydroxylation sites is 1. The molecule has 6 nitrogen and oxygen atoms in total. The Balaban J connectivity index is 1.59. The third-order valence-electron chi connectivity index (χ3n) is 4.12. The number of aryl methyl sites for hydroxylation is 1. The molecule has 0 fully saturated rings. The van der Waals surface area contributed by atoms with E-state index in [0.29, 0.717) is 35.5 Å². The summed E-state index contributed by atoms with van der Waals surface area (Å²) in [5.74, 6) is 2.00. The van der Waals surface area contributed by atoms with E-state index in [1.165, 1.54) is 5.56 Å². The van der Waals surface area contributed by atoms with Crippen LogP contribution in [0.1, 0.15) is 42.6 Å². The van der Waals surface area contributed by atoms with Crippen molar-refractivity contribution >= 4 is 11.6 Å². The number of aromatic nitrogens is 2. The van der Waals surface area contributed by atoms with Gasteiger partial charge in [0.1, 0.15) is 5.75 Å². The number of nitrogens with zero attached hydrogens (tertiary/aromatic N) is 2. The van der Waals surface area contributed by atoms with E-state index in [4.69, 9.17) is 9.26 Å². The summed E-state index contributed by atoms with van der Waals surface area (Å²) >= 11 is 0. The van der Waals surface area contributed by atoms with Crippen LogP contribution in [-0.4, -0.2) is 22.7 Å². The minimum absolute atomic E-state index is 0.0605. The Hall–Kier alpha value is -3.15. The van der Waals surface area contributed by atoms with Crippen molar-refractivity contribution in [3.05, 3.63) is 71.4 Å². The van der Waals surface area contributed by atoms with Crippen molar-refractivity contribution in [1.82, 2.24) is 10.1 Å². The molecule has 0 unspecified atom stereocenters. The normalized spacial score (nSPS) is 10.8. The number of anilines is 1. The number of nitrogens with one attached hydrogen (secondary N) is 1. The molecule has 1 N–H and O–H groups in total. The lowest BCUT2D eigenvalue weighted by molar-refractivity contribution is -0.118. The summed E-state index contributed by atoms with van der Waals surface area (Å²) in [6, 6.07) is 15.3. The minimum Gasteiger partial charge on any atom is -0.484 e. The minimum atomic E-state index is -0.225. The predicted molar refractivity (Wildman–Crippen MR) is 103 cm³/mol. The van der Waals surface area contributed by atoms with E-state index >= 15 is 0 Å². The second-order valence-corrected chi connectivity index (χ2v) is 6.63. The van der Waals surface area contributed by atoms with Crippen LogP contribution in [0.4, 0.5) is 5.69 Å². The van der Waals surface area contributed by atoms with Gasteiger partial charge in [-0.1, -0.05) is 49.3 Å². The topological polar surface area (TPSA) is 77.2 Å². The summed E-state index contributed by atoms with van der Waals surface area (Å²) in [4.78, 5) is 16.5. The smallest absolute Gasteiger partial charge is 0.262 e. The number of hydrogen-bond donors (Lipinski definition) is 1. The summed E-state index contributed by atoms with van der Waals surface area (Å²) in [7, 11) is 0. The maximum atomic E-state index is 12.3. The molecule has 2 aromatic carbocycles. The molecule has 0 saturated carbocycles. The van der Waals surface area contributed by atoms with Crippen molar-refractivity contribution in [2.24, 2.45) is 0 Å². The Morgan fingerprint density at radius 2 is 1.89 bits per heavy atom. The molecular weight excluding hydrogens is 342 g/mol. The van der Waals surface area contributed by atoms with Crippen molar-refractivity contribution in [3.8, 4) is 5.75 Å². The summed E-state index contributed by atoms with van der Waals surface area (Å²) in [5.41, 5.74) is 2.84. The summed E-state index contributed by atoms with van der Waals surface area (Å²) in [5, 5.41) is 6.67. The molecule has 0 atom stereocenters. The molecule has 0 bridgehead atoms. The van der Waals surface area contributed by atoms with Gasteiger partial charge in [0.15, 0.2) is 12.4 Å². The van der Waals surface area contributed by atoms with Gasteiger partial charge in [-0.05, 0) is 42.2 Å². The highest BCUT2D eigenvalue weighted by atomic mass is 16.5. The molecule has 0 aliphatic carbocycles. The van der Waals surface area contributed by atoms with E-state index in [1.807, 2.05) is 48.5 Å². The van der Waals surface area contributed by atoms with E-state index in [1.54, 1.807) is 6.92 Å². The zero-order valence-corrected chi connectivity index (χ0v) is 15.7. The second-order valence-electron chi connectivity index (χ2n) is 6.63. The van der Waals surface area contributed by atoms with Gasteiger partial charge in [0.25, 0.3) is 5.91 Å². The van der Waals surface area contributed by atoms with Crippen molar-refractivity contribution in [2.75, 3.05) is 11.9 Å². The molecule has 6 heteroatoms. The first kappa shape index (κ1) is 18.6. The summed E-state index contributed by atoms with van der Waals surface area (Å²) < 4.78 is 10.7. The Labute approximate surface area is 158 Å². The molecule has 27 heavy (non-hydrogen) atoms. The Bertz CT molecular complexity index is 901. The van der Waals surface area contributed by atoms with Gasteiger partial charge >= 0.3 is 0 Å². The van der Waals surface area contributed by atoms with E-state index in [9.17, 15) is 4.79 Å². The molecule has 0 aliphatic rings. The zero-order chi connectivity index (χ0) is 19.2. The maximum absolute atomic E-state index is 12.3. The Morgan fingerprint density at radius 3 is 2.56 bits per heavy atom. The molecular formula is C21H23N3O3. The molecule has 1 aromatic heterocycles. The Kier molecular flexibility index (Phi) is 5.86. The molecule has 3 aromatic rings. The molecule has 1 amide bonds. The molecule has 0 spiro atoms. The average molecular weight is 365 g/mol. The van der Waals surface area contributed by atoms with Crippen LogP contribution < -0.4 is 10.1 Å². The summed E-state index contributed by atoms with van der Waals surface area (Å²) in [6.45, 7) is 5.98. The fourth-order valence-electron chi connectivity index (χ4n) is 2.66. The van der Waals surface area contributed by atoms with Crippen LogP contribution in [0.5, 0.6) is 5.75 Å². The van der Waals surface area contributed by atoms with Crippen LogP contribution in [0, 0.1) is 6.92 Å². The molecule has 0 aliphatic heterocycles. The van der Waals surface area contributed by atoms with Crippen LogP contribution >= 0.6 is 0 Å².